The van der Waals surface area contributed by atoms with Crippen molar-refractivity contribution in [3.8, 4) is 0 Å². The Morgan fingerprint density at radius 1 is 1.42 bits per heavy atom. The highest BCUT2D eigenvalue weighted by atomic mass is 127. The van der Waals surface area contributed by atoms with E-state index in [-0.39, 0.29) is 41.3 Å². The molecule has 1 aromatic heterocycles. The normalized spacial score (nSPS) is 16.5. The first-order valence-electron chi connectivity index (χ1n) is 10.2. The quantitative estimate of drug-likeness (QED) is 0.305. The minimum atomic E-state index is -0.339. The third kappa shape index (κ3) is 6.76. The summed E-state index contributed by atoms with van der Waals surface area (Å²) in [5.74, 6) is 2.12. The maximum atomic E-state index is 13.4. The number of aryl methyl sites for hydroxylation is 1. The molecule has 0 radical (unpaired) electrons. The number of aliphatic imine (C=N–C) groups is 1. The molecule has 1 unspecified atom stereocenters. The molecular formula is C21H31ClFIN6O. The minimum Gasteiger partial charge on any atom is -0.377 e. The molecular weight excluding hydrogens is 534 g/mol. The van der Waals surface area contributed by atoms with Crippen LogP contribution in [0.1, 0.15) is 44.4 Å². The number of halogens is 3. The van der Waals surface area contributed by atoms with E-state index in [4.69, 9.17) is 21.3 Å². The molecule has 172 valence electrons. The van der Waals surface area contributed by atoms with Gasteiger partial charge < -0.3 is 15.4 Å². The monoisotopic (exact) mass is 564 g/mol. The largest absolute Gasteiger partial charge is 0.377 e. The van der Waals surface area contributed by atoms with Crippen LogP contribution in [0.15, 0.2) is 23.2 Å². The third-order valence-electron chi connectivity index (χ3n) is 5.15. The number of nitrogens with zero attached hydrogens (tertiary/aromatic N) is 4. The Labute approximate surface area is 205 Å². The van der Waals surface area contributed by atoms with E-state index >= 15 is 0 Å². The predicted octanol–water partition coefficient (Wildman–Crippen LogP) is 3.68. The Balaban J connectivity index is 0.00000341. The van der Waals surface area contributed by atoms with Crippen LogP contribution in [0.4, 0.5) is 4.39 Å². The second-order valence-corrected chi connectivity index (χ2v) is 8.55. The smallest absolute Gasteiger partial charge is 0.191 e. The number of benzene rings is 1. The van der Waals surface area contributed by atoms with Gasteiger partial charge in [-0.3, -0.25) is 4.99 Å². The Kier molecular flexibility index (Phi) is 9.50. The van der Waals surface area contributed by atoms with E-state index in [0.717, 1.165) is 43.3 Å². The summed E-state index contributed by atoms with van der Waals surface area (Å²) in [6, 6.07) is 4.72. The molecule has 1 aliphatic rings. The lowest BCUT2D eigenvalue weighted by atomic mass is 9.84. The van der Waals surface area contributed by atoms with Crippen molar-refractivity contribution in [2.45, 2.75) is 58.2 Å². The van der Waals surface area contributed by atoms with Gasteiger partial charge in [-0.25, -0.2) is 14.1 Å². The number of guanidine groups is 1. The molecule has 31 heavy (non-hydrogen) atoms. The van der Waals surface area contributed by atoms with Crippen LogP contribution in [-0.2, 0) is 29.7 Å². The SMILES string of the molecule is CCNC(=NCC(C)(C)c1ccc(F)cc1Cl)NC1CCc2nc(COC)nn2C1.I. The summed E-state index contributed by atoms with van der Waals surface area (Å²) < 4.78 is 20.5. The maximum Gasteiger partial charge on any atom is 0.191 e. The van der Waals surface area contributed by atoms with Crippen molar-refractivity contribution in [2.75, 3.05) is 20.2 Å². The molecule has 0 spiro atoms. The number of ether oxygens (including phenoxy) is 1. The van der Waals surface area contributed by atoms with Gasteiger partial charge in [-0.05, 0) is 31.0 Å². The standard InChI is InChI=1S/C21H30ClFN6O.HI/c1-5-24-20(25-13-21(2,3)16-8-6-14(23)10-17(16)22)26-15-7-9-19-27-18(12-30-4)28-29(19)11-15;/h6,8,10,15H,5,7,9,11-13H2,1-4H3,(H2,24,25,26);1H. The molecule has 0 amide bonds. The van der Waals surface area contributed by atoms with Gasteiger partial charge in [0, 0.05) is 36.6 Å². The molecule has 1 aromatic carbocycles. The Morgan fingerprint density at radius 2 is 2.19 bits per heavy atom. The fraction of sp³-hybridized carbons (Fsp3) is 0.571. The van der Waals surface area contributed by atoms with E-state index in [1.807, 2.05) is 11.6 Å². The van der Waals surface area contributed by atoms with E-state index in [1.54, 1.807) is 13.2 Å². The molecule has 1 aliphatic heterocycles. The van der Waals surface area contributed by atoms with Crippen LogP contribution in [0, 0.1) is 5.82 Å². The van der Waals surface area contributed by atoms with Gasteiger partial charge in [0.1, 0.15) is 18.2 Å². The first kappa shape index (κ1) is 25.8. The second kappa shape index (κ2) is 11.4. The lowest BCUT2D eigenvalue weighted by Gasteiger charge is -2.27. The summed E-state index contributed by atoms with van der Waals surface area (Å²) in [6.45, 7) is 8.55. The predicted molar refractivity (Wildman–Crippen MR) is 132 cm³/mol. The number of rotatable bonds is 7. The average molecular weight is 565 g/mol. The number of hydrogen-bond donors (Lipinski definition) is 2. The fourth-order valence-electron chi connectivity index (χ4n) is 3.58. The summed E-state index contributed by atoms with van der Waals surface area (Å²) in [6.07, 6.45) is 1.80. The average Bonchev–Trinajstić information content (AvgIpc) is 3.08. The van der Waals surface area contributed by atoms with Gasteiger partial charge in [0.15, 0.2) is 11.8 Å². The molecule has 0 fully saturated rings. The molecule has 1 atom stereocenters. The highest BCUT2D eigenvalue weighted by molar-refractivity contribution is 14.0. The van der Waals surface area contributed by atoms with Crippen molar-refractivity contribution in [3.05, 3.63) is 46.3 Å². The second-order valence-electron chi connectivity index (χ2n) is 8.14. The zero-order valence-corrected chi connectivity index (χ0v) is 21.5. The van der Waals surface area contributed by atoms with Crippen molar-refractivity contribution in [2.24, 2.45) is 4.99 Å². The number of fused-ring (bicyclic) bond motifs is 1. The topological polar surface area (TPSA) is 76.4 Å². The van der Waals surface area contributed by atoms with Gasteiger partial charge in [0.05, 0.1) is 13.1 Å². The zero-order valence-electron chi connectivity index (χ0n) is 18.4. The Bertz CT molecular complexity index is 904. The van der Waals surface area contributed by atoms with E-state index < -0.39 is 0 Å². The summed E-state index contributed by atoms with van der Waals surface area (Å²) in [7, 11) is 1.64. The van der Waals surface area contributed by atoms with Crippen molar-refractivity contribution in [1.82, 2.24) is 25.4 Å². The first-order valence-corrected chi connectivity index (χ1v) is 10.6. The van der Waals surface area contributed by atoms with Gasteiger partial charge in [0.25, 0.3) is 0 Å². The first-order chi connectivity index (χ1) is 14.3. The molecule has 3 rings (SSSR count). The van der Waals surface area contributed by atoms with Gasteiger partial charge >= 0.3 is 0 Å². The summed E-state index contributed by atoms with van der Waals surface area (Å²) in [5.41, 5.74) is 0.536. The van der Waals surface area contributed by atoms with Crippen LogP contribution in [0.2, 0.25) is 5.02 Å². The number of nitrogens with one attached hydrogen (secondary N) is 2. The number of aromatic nitrogens is 3. The van der Waals surface area contributed by atoms with Crippen LogP contribution in [0.3, 0.4) is 0 Å². The highest BCUT2D eigenvalue weighted by Crippen LogP contribution is 2.30. The molecule has 0 saturated carbocycles. The van der Waals surface area contributed by atoms with E-state index in [1.165, 1.54) is 12.1 Å². The summed E-state index contributed by atoms with van der Waals surface area (Å²) in [5, 5.41) is 11.8. The van der Waals surface area contributed by atoms with Crippen LogP contribution in [0.5, 0.6) is 0 Å². The van der Waals surface area contributed by atoms with Crippen molar-refractivity contribution in [3.63, 3.8) is 0 Å². The van der Waals surface area contributed by atoms with E-state index in [2.05, 4.69) is 34.6 Å². The summed E-state index contributed by atoms with van der Waals surface area (Å²) in [4.78, 5) is 9.31. The number of hydrogen-bond acceptors (Lipinski definition) is 4. The fourth-order valence-corrected chi connectivity index (χ4v) is 4.01. The van der Waals surface area contributed by atoms with Gasteiger partial charge in [-0.2, -0.15) is 5.10 Å². The van der Waals surface area contributed by atoms with E-state index in [0.29, 0.717) is 24.0 Å². The Hall–Kier alpha value is -1.46. The molecule has 2 heterocycles. The molecule has 0 bridgehead atoms. The molecule has 2 N–H and O–H groups in total. The van der Waals surface area contributed by atoms with Gasteiger partial charge in [0.2, 0.25) is 0 Å². The van der Waals surface area contributed by atoms with Crippen LogP contribution in [0.25, 0.3) is 0 Å². The third-order valence-corrected chi connectivity index (χ3v) is 5.47. The van der Waals surface area contributed by atoms with Gasteiger partial charge in [-0.1, -0.05) is 31.5 Å². The van der Waals surface area contributed by atoms with Crippen molar-refractivity contribution < 1.29 is 9.13 Å². The Morgan fingerprint density at radius 3 is 2.87 bits per heavy atom. The molecule has 2 aromatic rings. The lowest BCUT2D eigenvalue weighted by molar-refractivity contribution is 0.177. The molecule has 7 nitrogen and oxygen atoms in total. The lowest BCUT2D eigenvalue weighted by Crippen LogP contribution is -2.47. The van der Waals surface area contributed by atoms with Crippen molar-refractivity contribution in [1.29, 1.82) is 0 Å². The van der Waals surface area contributed by atoms with Crippen LogP contribution in [-0.4, -0.2) is 47.0 Å². The number of methoxy groups -OCH3 is 1. The molecule has 0 aliphatic carbocycles. The summed E-state index contributed by atoms with van der Waals surface area (Å²) >= 11 is 6.27. The molecule has 0 saturated heterocycles. The van der Waals surface area contributed by atoms with Crippen LogP contribution >= 0.6 is 35.6 Å². The van der Waals surface area contributed by atoms with Crippen LogP contribution < -0.4 is 10.6 Å². The highest BCUT2D eigenvalue weighted by Gasteiger charge is 2.25. The van der Waals surface area contributed by atoms with E-state index in [9.17, 15) is 4.39 Å². The minimum absolute atomic E-state index is 0. The van der Waals surface area contributed by atoms with Gasteiger partial charge in [-0.15, -0.1) is 24.0 Å². The maximum absolute atomic E-state index is 13.4. The van der Waals surface area contributed by atoms with Crippen molar-refractivity contribution >= 4 is 41.5 Å². The zero-order chi connectivity index (χ0) is 21.7. The molecule has 10 heteroatoms.